The van der Waals surface area contributed by atoms with Crippen LogP contribution in [-0.4, -0.2) is 13.0 Å². The van der Waals surface area contributed by atoms with Crippen LogP contribution >= 0.6 is 0 Å². The Morgan fingerprint density at radius 3 is 1.53 bits per heavy atom. The summed E-state index contributed by atoms with van der Waals surface area (Å²) in [6.07, 6.45) is 19.3. The first-order valence-electron chi connectivity index (χ1n) is 14.0. The van der Waals surface area contributed by atoms with E-state index in [1.807, 2.05) is 24.3 Å². The fourth-order valence-electron chi connectivity index (χ4n) is 5.33. The van der Waals surface area contributed by atoms with Gasteiger partial charge in [-0.2, -0.15) is 8.42 Å². The highest BCUT2D eigenvalue weighted by Gasteiger charge is 2.25. The van der Waals surface area contributed by atoms with Crippen LogP contribution in [0.1, 0.15) is 127 Å². The Kier molecular flexibility index (Phi) is 13.2. The second kappa shape index (κ2) is 15.6. The van der Waals surface area contributed by atoms with Gasteiger partial charge in [0.2, 0.25) is 0 Å². The van der Waals surface area contributed by atoms with Crippen LogP contribution in [0.25, 0.3) is 10.8 Å². The molecule has 0 saturated carbocycles. The third-order valence-corrected chi connectivity index (χ3v) is 8.05. The summed E-state index contributed by atoms with van der Waals surface area (Å²) in [6, 6.07) is 7.78. The van der Waals surface area contributed by atoms with Gasteiger partial charge in [0, 0.05) is 5.39 Å². The lowest BCUT2D eigenvalue weighted by atomic mass is 9.86. The molecule has 0 aliphatic heterocycles. The van der Waals surface area contributed by atoms with Crippen molar-refractivity contribution < 1.29 is 13.0 Å². The first-order valence-corrected chi connectivity index (χ1v) is 15.4. The fraction of sp³-hybridized carbons (Fsp3) is 0.667. The summed E-state index contributed by atoms with van der Waals surface area (Å²) in [6.45, 7) is 6.66. The van der Waals surface area contributed by atoms with E-state index in [1.165, 1.54) is 75.3 Å². The summed E-state index contributed by atoms with van der Waals surface area (Å²) in [5, 5.41) is 1.69. The lowest BCUT2D eigenvalue weighted by molar-refractivity contribution is 0.482. The molecule has 0 saturated heterocycles. The molecule has 2 aromatic rings. The van der Waals surface area contributed by atoms with Gasteiger partial charge in [-0.3, -0.25) is 4.55 Å². The minimum atomic E-state index is -4.31. The third kappa shape index (κ3) is 8.68. The van der Waals surface area contributed by atoms with Crippen molar-refractivity contribution in [2.45, 2.75) is 135 Å². The molecule has 0 amide bonds. The van der Waals surface area contributed by atoms with Gasteiger partial charge in [-0.25, -0.2) is 0 Å². The van der Waals surface area contributed by atoms with Gasteiger partial charge in [-0.1, -0.05) is 122 Å². The van der Waals surface area contributed by atoms with Crippen molar-refractivity contribution in [2.24, 2.45) is 0 Å². The summed E-state index contributed by atoms with van der Waals surface area (Å²) in [5.41, 5.74) is 3.40. The second-order valence-corrected chi connectivity index (χ2v) is 11.3. The average Bonchev–Trinajstić information content (AvgIpc) is 2.81. The number of hydrogen-bond donors (Lipinski definition) is 1. The summed E-state index contributed by atoms with van der Waals surface area (Å²) in [4.78, 5) is 0.175. The first-order chi connectivity index (χ1) is 16.5. The smallest absolute Gasteiger partial charge is 0.282 e. The standard InChI is InChI=1S/C30H48O3S/c1-4-7-9-11-12-13-15-17-23-28-26(21-16-14-10-8-5-2)25(20-6-3)27-22-18-19-24-29(27)30(28)34(31,32)33/h18-19,22,24H,4-17,20-21,23H2,1-3H3,(H,31,32,33). The zero-order valence-electron chi connectivity index (χ0n) is 22.0. The Labute approximate surface area is 209 Å². The minimum Gasteiger partial charge on any atom is -0.282 e. The van der Waals surface area contributed by atoms with Crippen LogP contribution in [0, 0.1) is 0 Å². The molecule has 0 aliphatic rings. The molecule has 4 heteroatoms. The molecule has 0 bridgehead atoms. The van der Waals surface area contributed by atoms with Crippen LogP contribution in [0.15, 0.2) is 29.2 Å². The van der Waals surface area contributed by atoms with Gasteiger partial charge in [0.15, 0.2) is 0 Å². The average molecular weight is 489 g/mol. The van der Waals surface area contributed by atoms with E-state index in [1.54, 1.807) is 0 Å². The Morgan fingerprint density at radius 1 is 0.559 bits per heavy atom. The maximum Gasteiger partial charge on any atom is 0.295 e. The molecule has 0 heterocycles. The number of hydrogen-bond acceptors (Lipinski definition) is 2. The second-order valence-electron chi connectivity index (χ2n) is 9.92. The van der Waals surface area contributed by atoms with Gasteiger partial charge in [-0.05, 0) is 54.2 Å². The molecule has 34 heavy (non-hydrogen) atoms. The number of aryl methyl sites for hydroxylation is 1. The van der Waals surface area contributed by atoms with E-state index in [-0.39, 0.29) is 4.90 Å². The summed E-state index contributed by atoms with van der Waals surface area (Å²) in [5.74, 6) is 0. The molecule has 0 aromatic heterocycles. The van der Waals surface area contributed by atoms with Crippen molar-refractivity contribution in [2.75, 3.05) is 0 Å². The molecule has 0 spiro atoms. The molecular weight excluding hydrogens is 440 g/mol. The summed E-state index contributed by atoms with van der Waals surface area (Å²) in [7, 11) is -4.31. The van der Waals surface area contributed by atoms with Gasteiger partial charge < -0.3 is 0 Å². The van der Waals surface area contributed by atoms with E-state index in [2.05, 4.69) is 20.8 Å². The Morgan fingerprint density at radius 2 is 1.03 bits per heavy atom. The van der Waals surface area contributed by atoms with E-state index in [0.717, 1.165) is 55.9 Å². The van der Waals surface area contributed by atoms with Crippen LogP contribution in [-0.2, 0) is 29.4 Å². The molecule has 0 fully saturated rings. The van der Waals surface area contributed by atoms with E-state index in [4.69, 9.17) is 0 Å². The van der Waals surface area contributed by atoms with Gasteiger partial charge in [0.05, 0.1) is 0 Å². The Bertz CT molecular complexity index is 963. The lowest BCUT2D eigenvalue weighted by Crippen LogP contribution is -2.11. The summed E-state index contributed by atoms with van der Waals surface area (Å²) < 4.78 is 35.7. The molecular formula is C30H48O3S. The first kappa shape index (κ1) is 28.8. The fourth-order valence-corrected chi connectivity index (χ4v) is 6.32. The van der Waals surface area contributed by atoms with Crippen molar-refractivity contribution >= 4 is 20.9 Å². The van der Waals surface area contributed by atoms with Crippen LogP contribution in [0.4, 0.5) is 0 Å². The number of benzene rings is 2. The molecule has 2 aromatic carbocycles. The van der Waals surface area contributed by atoms with E-state index < -0.39 is 10.1 Å². The molecule has 0 unspecified atom stereocenters. The monoisotopic (exact) mass is 488 g/mol. The highest BCUT2D eigenvalue weighted by Crippen LogP contribution is 2.36. The van der Waals surface area contributed by atoms with Gasteiger partial charge in [0.25, 0.3) is 10.1 Å². The SMILES string of the molecule is CCCCCCCCCCc1c(CCCCCCC)c(CCC)c2ccccc2c1S(=O)(=O)O. The van der Waals surface area contributed by atoms with E-state index >= 15 is 0 Å². The highest BCUT2D eigenvalue weighted by atomic mass is 32.2. The van der Waals surface area contributed by atoms with Crippen molar-refractivity contribution in [3.63, 3.8) is 0 Å². The minimum absolute atomic E-state index is 0.175. The van der Waals surface area contributed by atoms with Crippen molar-refractivity contribution in [3.8, 4) is 0 Å². The molecule has 192 valence electrons. The van der Waals surface area contributed by atoms with Gasteiger partial charge >= 0.3 is 0 Å². The van der Waals surface area contributed by atoms with E-state index in [0.29, 0.717) is 5.39 Å². The Balaban J connectivity index is 2.37. The molecule has 0 atom stereocenters. The van der Waals surface area contributed by atoms with Crippen molar-refractivity contribution in [1.82, 2.24) is 0 Å². The van der Waals surface area contributed by atoms with Crippen LogP contribution < -0.4 is 0 Å². The predicted octanol–water partition coefficient (Wildman–Crippen LogP) is 9.24. The number of fused-ring (bicyclic) bond motifs is 1. The number of rotatable bonds is 18. The molecule has 1 N–H and O–H groups in total. The van der Waals surface area contributed by atoms with Gasteiger partial charge in [0.1, 0.15) is 4.90 Å². The lowest BCUT2D eigenvalue weighted by Gasteiger charge is -2.22. The zero-order chi connectivity index (χ0) is 24.8. The molecule has 2 rings (SSSR count). The van der Waals surface area contributed by atoms with Crippen LogP contribution in [0.5, 0.6) is 0 Å². The molecule has 0 radical (unpaired) electrons. The van der Waals surface area contributed by atoms with Crippen LogP contribution in [0.2, 0.25) is 0 Å². The summed E-state index contributed by atoms with van der Waals surface area (Å²) >= 11 is 0. The maximum atomic E-state index is 12.7. The third-order valence-electron chi connectivity index (χ3n) is 7.07. The van der Waals surface area contributed by atoms with E-state index in [9.17, 15) is 13.0 Å². The topological polar surface area (TPSA) is 54.4 Å². The van der Waals surface area contributed by atoms with Crippen molar-refractivity contribution in [1.29, 1.82) is 0 Å². The predicted molar refractivity (Wildman–Crippen MR) is 147 cm³/mol. The molecule has 0 aliphatic carbocycles. The largest absolute Gasteiger partial charge is 0.295 e. The van der Waals surface area contributed by atoms with Crippen LogP contribution in [0.3, 0.4) is 0 Å². The van der Waals surface area contributed by atoms with Crippen molar-refractivity contribution in [3.05, 3.63) is 41.0 Å². The zero-order valence-corrected chi connectivity index (χ0v) is 22.8. The maximum absolute atomic E-state index is 12.7. The Hall–Kier alpha value is -1.39. The normalized spacial score (nSPS) is 12.0. The molecule has 3 nitrogen and oxygen atoms in total. The number of unbranched alkanes of at least 4 members (excludes halogenated alkanes) is 11. The highest BCUT2D eigenvalue weighted by molar-refractivity contribution is 7.86. The quantitative estimate of drug-likeness (QED) is 0.168. The van der Waals surface area contributed by atoms with Gasteiger partial charge in [-0.15, -0.1) is 0 Å².